The van der Waals surface area contributed by atoms with E-state index in [-0.39, 0.29) is 17.4 Å². The molecule has 2 heterocycles. The van der Waals surface area contributed by atoms with Gasteiger partial charge in [-0.3, -0.25) is 4.79 Å². The zero-order chi connectivity index (χ0) is 27.6. The number of H-pyrrole nitrogens is 1. The summed E-state index contributed by atoms with van der Waals surface area (Å²) in [6.45, 7) is -0.494. The number of hydrogen-bond donors (Lipinski definition) is 2. The van der Waals surface area contributed by atoms with Crippen LogP contribution in [0.2, 0.25) is 10.0 Å². The number of fused-ring (bicyclic) bond motifs is 1. The first-order valence-electron chi connectivity index (χ1n) is 12.6. The van der Waals surface area contributed by atoms with Crippen LogP contribution in [-0.2, 0) is 6.61 Å². The van der Waals surface area contributed by atoms with Gasteiger partial charge in [0.15, 0.2) is 0 Å². The number of pyridine rings is 1. The van der Waals surface area contributed by atoms with E-state index in [4.69, 9.17) is 27.9 Å². The van der Waals surface area contributed by atoms with Crippen molar-refractivity contribution in [3.63, 3.8) is 0 Å². The highest BCUT2D eigenvalue weighted by Gasteiger charge is 2.23. The molecule has 0 fully saturated rings. The maximum atomic E-state index is 12.9. The van der Waals surface area contributed by atoms with E-state index in [1.165, 1.54) is 0 Å². The maximum absolute atomic E-state index is 12.9. The van der Waals surface area contributed by atoms with Gasteiger partial charge in [-0.1, -0.05) is 77.8 Å². The molecule has 198 valence electrons. The Morgan fingerprint density at radius 2 is 1.65 bits per heavy atom. The molecule has 1 unspecified atom stereocenters. The van der Waals surface area contributed by atoms with Crippen LogP contribution in [0.25, 0.3) is 22.3 Å². The number of halogens is 2. The minimum absolute atomic E-state index is 0.125. The Bertz CT molecular complexity index is 1870. The third-order valence-electron chi connectivity index (χ3n) is 6.74. The van der Waals surface area contributed by atoms with Crippen molar-refractivity contribution in [2.45, 2.75) is 12.6 Å². The summed E-state index contributed by atoms with van der Waals surface area (Å²) in [7, 11) is 0. The molecular formula is C32H23Cl2N3O3. The molecule has 0 aliphatic heterocycles. The summed E-state index contributed by atoms with van der Waals surface area (Å²) in [6.07, 6.45) is 3.72. The van der Waals surface area contributed by atoms with Crippen LogP contribution in [0.4, 0.5) is 0 Å². The van der Waals surface area contributed by atoms with Gasteiger partial charge in [-0.15, -0.1) is 0 Å². The van der Waals surface area contributed by atoms with Crippen LogP contribution < -0.4 is 10.3 Å². The first kappa shape index (κ1) is 25.9. The summed E-state index contributed by atoms with van der Waals surface area (Å²) >= 11 is 12.4. The molecule has 2 aromatic heterocycles. The summed E-state index contributed by atoms with van der Waals surface area (Å²) < 4.78 is 8.32. The number of aliphatic hydroxyl groups is 1. The molecule has 0 bridgehead atoms. The van der Waals surface area contributed by atoms with E-state index < -0.39 is 12.2 Å². The van der Waals surface area contributed by atoms with Gasteiger partial charge >= 0.3 is 0 Å². The standard InChI is InChI=1S/C32H23Cl2N3O3/c33-23-12-9-20(10-13-23)29(37-16-15-35-31(37)21-5-2-1-3-6-21)22-11-14-28-26(17-22)30(27(19-38)32(39)36-28)40-25-8-4-7-24(34)18-25/h1-18,29,38H,19H2,(H,36,39). The quantitative estimate of drug-likeness (QED) is 0.208. The number of hydrogen-bond acceptors (Lipinski definition) is 4. The number of nitrogens with zero attached hydrogens (tertiary/aromatic N) is 2. The van der Waals surface area contributed by atoms with E-state index in [2.05, 4.69) is 14.5 Å². The summed E-state index contributed by atoms with van der Waals surface area (Å²) in [6, 6.07) is 30.1. The highest BCUT2D eigenvalue weighted by Crippen LogP contribution is 2.37. The second kappa shape index (κ2) is 11.0. The van der Waals surface area contributed by atoms with Crippen LogP contribution in [0.15, 0.2) is 114 Å². The van der Waals surface area contributed by atoms with Crippen LogP contribution in [-0.4, -0.2) is 19.6 Å². The first-order valence-corrected chi connectivity index (χ1v) is 13.3. The Hall–Kier alpha value is -4.36. The predicted molar refractivity (Wildman–Crippen MR) is 158 cm³/mol. The number of aliphatic hydroxyl groups excluding tert-OH is 1. The van der Waals surface area contributed by atoms with E-state index in [1.54, 1.807) is 30.5 Å². The molecule has 0 aliphatic carbocycles. The fraction of sp³-hybridized carbons (Fsp3) is 0.0625. The highest BCUT2D eigenvalue weighted by molar-refractivity contribution is 6.30. The van der Waals surface area contributed by atoms with Crippen molar-refractivity contribution in [1.82, 2.24) is 14.5 Å². The Morgan fingerprint density at radius 1 is 0.875 bits per heavy atom. The average Bonchev–Trinajstić information content (AvgIpc) is 3.44. The smallest absolute Gasteiger partial charge is 0.257 e. The Labute approximate surface area is 240 Å². The van der Waals surface area contributed by atoms with Gasteiger partial charge in [0, 0.05) is 33.4 Å². The summed E-state index contributed by atoms with van der Waals surface area (Å²) in [5.74, 6) is 1.53. The first-order chi connectivity index (χ1) is 19.5. The summed E-state index contributed by atoms with van der Waals surface area (Å²) in [5.41, 5.74) is 3.16. The lowest BCUT2D eigenvalue weighted by Crippen LogP contribution is -2.16. The number of rotatable bonds is 7. The van der Waals surface area contributed by atoms with E-state index in [9.17, 15) is 9.90 Å². The van der Waals surface area contributed by atoms with Crippen LogP contribution >= 0.6 is 23.2 Å². The molecule has 0 amide bonds. The number of ether oxygens (including phenoxy) is 1. The third kappa shape index (κ3) is 5.00. The van der Waals surface area contributed by atoms with Crippen molar-refractivity contribution in [2.75, 3.05) is 0 Å². The van der Waals surface area contributed by atoms with Crippen molar-refractivity contribution in [3.8, 4) is 22.9 Å². The van der Waals surface area contributed by atoms with Gasteiger partial charge in [-0.25, -0.2) is 4.98 Å². The number of benzene rings is 4. The normalized spacial score (nSPS) is 12.0. The lowest BCUT2D eigenvalue weighted by Gasteiger charge is -2.23. The topological polar surface area (TPSA) is 80.1 Å². The van der Waals surface area contributed by atoms with Gasteiger partial charge < -0.3 is 19.4 Å². The predicted octanol–water partition coefficient (Wildman–Crippen LogP) is 7.62. The van der Waals surface area contributed by atoms with Crippen molar-refractivity contribution in [2.24, 2.45) is 0 Å². The summed E-state index contributed by atoms with van der Waals surface area (Å²) in [4.78, 5) is 20.4. The molecule has 0 saturated heterocycles. The maximum Gasteiger partial charge on any atom is 0.257 e. The van der Waals surface area contributed by atoms with E-state index >= 15 is 0 Å². The zero-order valence-electron chi connectivity index (χ0n) is 21.1. The minimum atomic E-state index is -0.494. The fourth-order valence-electron chi connectivity index (χ4n) is 4.89. The molecular weight excluding hydrogens is 545 g/mol. The molecule has 6 rings (SSSR count). The van der Waals surface area contributed by atoms with Gasteiger partial charge in [0.05, 0.1) is 23.7 Å². The molecule has 0 saturated carbocycles. The lowest BCUT2D eigenvalue weighted by molar-refractivity contribution is 0.275. The van der Waals surface area contributed by atoms with E-state index in [0.717, 1.165) is 22.5 Å². The molecule has 4 aromatic carbocycles. The SMILES string of the molecule is O=c1[nH]c2ccc(C(c3ccc(Cl)cc3)n3ccnc3-c3ccccc3)cc2c(Oc2cccc(Cl)c2)c1CO. The fourth-order valence-corrected chi connectivity index (χ4v) is 5.20. The third-order valence-corrected chi connectivity index (χ3v) is 7.23. The van der Waals surface area contributed by atoms with Crippen molar-refractivity contribution in [3.05, 3.63) is 147 Å². The Morgan fingerprint density at radius 3 is 2.40 bits per heavy atom. The number of aromatic amines is 1. The molecule has 6 nitrogen and oxygen atoms in total. The van der Waals surface area contributed by atoms with Gasteiger partial charge in [0.1, 0.15) is 17.3 Å². The highest BCUT2D eigenvalue weighted by atomic mass is 35.5. The Kier molecular flexibility index (Phi) is 7.13. The van der Waals surface area contributed by atoms with Crippen LogP contribution in [0.1, 0.15) is 22.7 Å². The molecule has 6 aromatic rings. The van der Waals surface area contributed by atoms with Crippen LogP contribution in [0, 0.1) is 0 Å². The van der Waals surface area contributed by atoms with Crippen LogP contribution in [0.3, 0.4) is 0 Å². The Balaban J connectivity index is 1.57. The lowest BCUT2D eigenvalue weighted by atomic mass is 9.96. The van der Waals surface area contributed by atoms with Crippen molar-refractivity contribution >= 4 is 34.1 Å². The van der Waals surface area contributed by atoms with Gasteiger partial charge in [0.25, 0.3) is 5.56 Å². The average molecular weight is 568 g/mol. The monoisotopic (exact) mass is 567 g/mol. The van der Waals surface area contributed by atoms with Crippen LogP contribution in [0.5, 0.6) is 11.5 Å². The molecule has 0 aliphatic rings. The summed E-state index contributed by atoms with van der Waals surface area (Å²) in [5, 5.41) is 11.9. The van der Waals surface area contributed by atoms with E-state index in [0.29, 0.717) is 26.7 Å². The molecule has 40 heavy (non-hydrogen) atoms. The number of aromatic nitrogens is 3. The van der Waals surface area contributed by atoms with Gasteiger partial charge in [-0.05, 0) is 53.6 Å². The second-order valence-electron chi connectivity index (χ2n) is 9.26. The van der Waals surface area contributed by atoms with Crippen molar-refractivity contribution < 1.29 is 9.84 Å². The van der Waals surface area contributed by atoms with Crippen molar-refractivity contribution in [1.29, 1.82) is 0 Å². The van der Waals surface area contributed by atoms with Gasteiger partial charge in [0.2, 0.25) is 0 Å². The molecule has 2 N–H and O–H groups in total. The minimum Gasteiger partial charge on any atom is -0.456 e. The second-order valence-corrected chi connectivity index (χ2v) is 10.1. The van der Waals surface area contributed by atoms with E-state index in [1.807, 2.05) is 79.0 Å². The zero-order valence-corrected chi connectivity index (χ0v) is 22.6. The number of nitrogens with one attached hydrogen (secondary N) is 1. The largest absolute Gasteiger partial charge is 0.456 e. The number of imidazole rings is 1. The molecule has 1 atom stereocenters. The molecule has 0 spiro atoms. The van der Waals surface area contributed by atoms with Gasteiger partial charge in [-0.2, -0.15) is 0 Å². The molecule has 8 heteroatoms. The molecule has 0 radical (unpaired) electrons.